The van der Waals surface area contributed by atoms with Crippen LogP contribution in [0.2, 0.25) is 0 Å². The van der Waals surface area contributed by atoms with Crippen LogP contribution >= 0.6 is 11.8 Å². The molecular formula is C7H13NO3S. The molecule has 0 aromatic heterocycles. The van der Waals surface area contributed by atoms with Crippen molar-refractivity contribution in [3.05, 3.63) is 0 Å². The molecule has 1 amide bonds. The largest absolute Gasteiger partial charge is 0.468 e. The lowest BCUT2D eigenvalue weighted by molar-refractivity contribution is -0.137. The lowest BCUT2D eigenvalue weighted by atomic mass is 10.6. The summed E-state index contributed by atoms with van der Waals surface area (Å²) in [6, 6.07) is 0. The molecule has 0 unspecified atom stereocenters. The number of amides is 1. The molecule has 0 saturated heterocycles. The summed E-state index contributed by atoms with van der Waals surface area (Å²) in [6.07, 6.45) is 0. The third-order valence-electron chi connectivity index (χ3n) is 1.07. The number of rotatable bonds is 5. The predicted octanol–water partition coefficient (Wildman–Crippen LogP) is 0.0287. The Kier molecular flexibility index (Phi) is 6.55. The number of esters is 1. The highest BCUT2D eigenvalue weighted by atomic mass is 32.2. The summed E-state index contributed by atoms with van der Waals surface area (Å²) >= 11 is 1.44. The predicted molar refractivity (Wildman–Crippen MR) is 48.0 cm³/mol. The maximum atomic E-state index is 10.6. The van der Waals surface area contributed by atoms with Crippen LogP contribution in [0.25, 0.3) is 0 Å². The van der Waals surface area contributed by atoms with Crippen LogP contribution in [0, 0.1) is 0 Å². The first-order valence-electron chi connectivity index (χ1n) is 3.56. The van der Waals surface area contributed by atoms with Crippen molar-refractivity contribution in [3.8, 4) is 0 Å². The third kappa shape index (κ3) is 7.40. The topological polar surface area (TPSA) is 55.4 Å². The number of hydrogen-bond donors (Lipinski definition) is 1. The number of carbonyl (C=O) groups excluding carboxylic acids is 2. The summed E-state index contributed by atoms with van der Waals surface area (Å²) in [5.41, 5.74) is 0. The molecule has 0 aromatic carbocycles. The van der Waals surface area contributed by atoms with E-state index in [2.05, 4.69) is 10.1 Å². The zero-order chi connectivity index (χ0) is 9.40. The molecule has 12 heavy (non-hydrogen) atoms. The Balaban J connectivity index is 3.11. The van der Waals surface area contributed by atoms with Gasteiger partial charge in [-0.1, -0.05) is 0 Å². The molecule has 0 spiro atoms. The summed E-state index contributed by atoms with van der Waals surface area (Å²) in [5.74, 6) is 0.793. The van der Waals surface area contributed by atoms with Gasteiger partial charge < -0.3 is 10.1 Å². The van der Waals surface area contributed by atoms with Crippen molar-refractivity contribution in [3.63, 3.8) is 0 Å². The second-order valence-electron chi connectivity index (χ2n) is 2.11. The summed E-state index contributed by atoms with van der Waals surface area (Å²) < 4.78 is 4.43. The Morgan fingerprint density at radius 2 is 2.17 bits per heavy atom. The average molecular weight is 191 g/mol. The van der Waals surface area contributed by atoms with Gasteiger partial charge in [-0.25, -0.2) is 0 Å². The summed E-state index contributed by atoms with van der Waals surface area (Å²) in [6.45, 7) is 2.06. The molecule has 0 aliphatic rings. The number of nitrogens with one attached hydrogen (secondary N) is 1. The second-order valence-corrected chi connectivity index (χ2v) is 3.22. The summed E-state index contributed by atoms with van der Waals surface area (Å²) in [4.78, 5) is 21.0. The van der Waals surface area contributed by atoms with E-state index in [1.807, 2.05) is 0 Å². The Morgan fingerprint density at radius 3 is 2.67 bits per heavy atom. The van der Waals surface area contributed by atoms with E-state index in [0.717, 1.165) is 5.75 Å². The van der Waals surface area contributed by atoms with E-state index < -0.39 is 0 Å². The average Bonchev–Trinajstić information content (AvgIpc) is 2.03. The fourth-order valence-corrected chi connectivity index (χ4v) is 1.19. The van der Waals surface area contributed by atoms with E-state index >= 15 is 0 Å². The standard InChI is InChI=1S/C7H13NO3S/c1-6(9)8-3-4-12-5-7(10)11-2/h3-5H2,1-2H3,(H,8,9). The summed E-state index contributed by atoms with van der Waals surface area (Å²) in [7, 11) is 1.36. The van der Waals surface area contributed by atoms with Gasteiger partial charge in [-0.3, -0.25) is 9.59 Å². The molecule has 0 heterocycles. The van der Waals surface area contributed by atoms with Crippen LogP contribution < -0.4 is 5.32 Å². The molecule has 0 rings (SSSR count). The van der Waals surface area contributed by atoms with Crippen molar-refractivity contribution in [2.75, 3.05) is 25.2 Å². The SMILES string of the molecule is COC(=O)CSCCNC(C)=O. The van der Waals surface area contributed by atoms with Crippen LogP contribution in [-0.4, -0.2) is 37.0 Å². The Morgan fingerprint density at radius 1 is 1.50 bits per heavy atom. The van der Waals surface area contributed by atoms with Gasteiger partial charge in [-0.2, -0.15) is 0 Å². The molecular weight excluding hydrogens is 178 g/mol. The van der Waals surface area contributed by atoms with Gasteiger partial charge in [0.25, 0.3) is 0 Å². The molecule has 0 fully saturated rings. The van der Waals surface area contributed by atoms with E-state index in [4.69, 9.17) is 0 Å². The van der Waals surface area contributed by atoms with Crippen molar-refractivity contribution < 1.29 is 14.3 Å². The third-order valence-corrected chi connectivity index (χ3v) is 2.00. The normalized spacial score (nSPS) is 9.17. The van der Waals surface area contributed by atoms with E-state index in [0.29, 0.717) is 12.3 Å². The fraction of sp³-hybridized carbons (Fsp3) is 0.714. The zero-order valence-corrected chi connectivity index (χ0v) is 8.07. The molecule has 0 aliphatic carbocycles. The Labute approximate surface area is 76.0 Å². The van der Waals surface area contributed by atoms with Crippen molar-refractivity contribution >= 4 is 23.6 Å². The number of ether oxygens (including phenoxy) is 1. The molecule has 5 heteroatoms. The molecule has 1 N–H and O–H groups in total. The van der Waals surface area contributed by atoms with E-state index in [9.17, 15) is 9.59 Å². The Hall–Kier alpha value is -0.710. The van der Waals surface area contributed by atoms with Gasteiger partial charge in [0, 0.05) is 19.2 Å². The van der Waals surface area contributed by atoms with Crippen LogP contribution in [0.3, 0.4) is 0 Å². The molecule has 0 bridgehead atoms. The number of carbonyl (C=O) groups is 2. The first kappa shape index (κ1) is 11.3. The minimum atomic E-state index is -0.233. The van der Waals surface area contributed by atoms with Gasteiger partial charge in [0.2, 0.25) is 5.91 Å². The van der Waals surface area contributed by atoms with E-state index in [-0.39, 0.29) is 11.9 Å². The highest BCUT2D eigenvalue weighted by Gasteiger charge is 1.98. The van der Waals surface area contributed by atoms with Gasteiger partial charge >= 0.3 is 5.97 Å². The van der Waals surface area contributed by atoms with Gasteiger partial charge in [-0.15, -0.1) is 11.8 Å². The molecule has 0 atom stereocenters. The minimum absolute atomic E-state index is 0.0475. The van der Waals surface area contributed by atoms with Crippen LogP contribution in [0.1, 0.15) is 6.92 Å². The first-order valence-corrected chi connectivity index (χ1v) is 4.71. The van der Waals surface area contributed by atoms with Crippen molar-refractivity contribution in [1.29, 1.82) is 0 Å². The monoisotopic (exact) mass is 191 g/mol. The first-order chi connectivity index (χ1) is 5.66. The summed E-state index contributed by atoms with van der Waals surface area (Å²) in [5, 5.41) is 2.63. The van der Waals surface area contributed by atoms with Crippen molar-refractivity contribution in [2.24, 2.45) is 0 Å². The lowest BCUT2D eigenvalue weighted by Gasteiger charge is -2.00. The number of thioether (sulfide) groups is 1. The highest BCUT2D eigenvalue weighted by molar-refractivity contribution is 7.99. The molecule has 0 saturated carbocycles. The maximum absolute atomic E-state index is 10.6. The molecule has 4 nitrogen and oxygen atoms in total. The van der Waals surface area contributed by atoms with Crippen LogP contribution in [0.5, 0.6) is 0 Å². The smallest absolute Gasteiger partial charge is 0.315 e. The number of hydrogen-bond acceptors (Lipinski definition) is 4. The van der Waals surface area contributed by atoms with Crippen molar-refractivity contribution in [2.45, 2.75) is 6.92 Å². The van der Waals surface area contributed by atoms with E-state index in [1.54, 1.807) is 0 Å². The number of methoxy groups -OCH3 is 1. The maximum Gasteiger partial charge on any atom is 0.315 e. The Bertz CT molecular complexity index is 161. The molecule has 70 valence electrons. The minimum Gasteiger partial charge on any atom is -0.468 e. The fourth-order valence-electron chi connectivity index (χ4n) is 0.514. The molecule has 0 aliphatic heterocycles. The molecule has 0 aromatic rings. The zero-order valence-electron chi connectivity index (χ0n) is 7.25. The van der Waals surface area contributed by atoms with Gasteiger partial charge in [-0.05, 0) is 0 Å². The van der Waals surface area contributed by atoms with Crippen LogP contribution in [0.15, 0.2) is 0 Å². The molecule has 0 radical (unpaired) electrons. The van der Waals surface area contributed by atoms with Gasteiger partial charge in [0.1, 0.15) is 0 Å². The van der Waals surface area contributed by atoms with E-state index in [1.165, 1.54) is 25.8 Å². The lowest BCUT2D eigenvalue weighted by Crippen LogP contribution is -2.22. The van der Waals surface area contributed by atoms with Gasteiger partial charge in [0.05, 0.1) is 12.9 Å². The van der Waals surface area contributed by atoms with Gasteiger partial charge in [0.15, 0.2) is 0 Å². The van der Waals surface area contributed by atoms with Crippen LogP contribution in [-0.2, 0) is 14.3 Å². The highest BCUT2D eigenvalue weighted by Crippen LogP contribution is 1.98. The van der Waals surface area contributed by atoms with Crippen LogP contribution in [0.4, 0.5) is 0 Å². The van der Waals surface area contributed by atoms with Crippen molar-refractivity contribution in [1.82, 2.24) is 5.32 Å². The second kappa shape index (κ2) is 6.97. The quantitative estimate of drug-likeness (QED) is 0.492.